The van der Waals surface area contributed by atoms with E-state index in [1.807, 2.05) is 36.4 Å². The van der Waals surface area contributed by atoms with Crippen LogP contribution in [0.15, 0.2) is 53.7 Å². The molecule has 6 heteroatoms. The number of thioether (sulfide) groups is 1. The smallest absolute Gasteiger partial charge is 0.210 e. The molecule has 0 amide bonds. The Morgan fingerprint density at radius 3 is 2.42 bits per heavy atom. The number of hydrogen-bond donors (Lipinski definition) is 1. The summed E-state index contributed by atoms with van der Waals surface area (Å²) in [6.07, 6.45) is 0.932. The third-order valence-corrected chi connectivity index (χ3v) is 4.70. The topological polar surface area (TPSA) is 66.0 Å². The summed E-state index contributed by atoms with van der Waals surface area (Å²) >= 11 is 1.60. The van der Waals surface area contributed by atoms with Crippen LogP contribution in [0.25, 0.3) is 11.4 Å². The molecule has 0 atom stereocenters. The molecule has 124 valence electrons. The largest absolute Gasteiger partial charge is 0.497 e. The first-order valence-corrected chi connectivity index (χ1v) is 8.69. The molecule has 3 aromatic rings. The summed E-state index contributed by atoms with van der Waals surface area (Å²) in [7, 11) is 1.67. The molecule has 0 fully saturated rings. The lowest BCUT2D eigenvalue weighted by molar-refractivity contribution is 0.414. The summed E-state index contributed by atoms with van der Waals surface area (Å²) in [5.41, 5.74) is 3.43. The normalized spacial score (nSPS) is 10.8. The molecule has 1 aromatic heterocycles. The minimum absolute atomic E-state index is 0.682. The highest BCUT2D eigenvalue weighted by molar-refractivity contribution is 7.99. The molecule has 0 aliphatic heterocycles. The quantitative estimate of drug-likeness (QED) is 0.551. The Balaban J connectivity index is 1.62. The number of aryl methyl sites for hydroxylation is 2. The molecular weight excluding hydrogens is 320 g/mol. The molecular formula is C18H20N4OS. The summed E-state index contributed by atoms with van der Waals surface area (Å²) in [5.74, 6) is 8.58. The zero-order valence-electron chi connectivity index (χ0n) is 13.8. The molecule has 0 aliphatic rings. The first kappa shape index (κ1) is 16.4. The molecule has 3 rings (SSSR count). The summed E-state index contributed by atoms with van der Waals surface area (Å²) in [5, 5.41) is 9.14. The highest BCUT2D eigenvalue weighted by Crippen LogP contribution is 2.23. The molecule has 0 radical (unpaired) electrons. The van der Waals surface area contributed by atoms with E-state index in [2.05, 4.69) is 29.3 Å². The van der Waals surface area contributed by atoms with Gasteiger partial charge in [0.05, 0.1) is 7.11 Å². The number of ether oxygens (including phenoxy) is 1. The lowest BCUT2D eigenvalue weighted by atomic mass is 10.1. The standard InChI is InChI=1S/C18H20N4OS/c1-13-3-7-15(8-4-13)17-20-21-18(22(17)19)24-12-11-14-5-9-16(23-2)10-6-14/h3-10H,11-12,19H2,1-2H3. The van der Waals surface area contributed by atoms with Crippen LogP contribution in [0.4, 0.5) is 0 Å². The van der Waals surface area contributed by atoms with Gasteiger partial charge in [0.15, 0.2) is 5.82 Å². The second-order valence-corrected chi connectivity index (χ2v) is 6.55. The summed E-state index contributed by atoms with van der Waals surface area (Å²) in [6.45, 7) is 2.05. The van der Waals surface area contributed by atoms with Crippen molar-refractivity contribution in [3.63, 3.8) is 0 Å². The second-order valence-electron chi connectivity index (χ2n) is 5.49. The number of nitrogen functional groups attached to an aromatic ring is 1. The fourth-order valence-corrected chi connectivity index (χ4v) is 3.17. The van der Waals surface area contributed by atoms with Gasteiger partial charge in [-0.3, -0.25) is 0 Å². The zero-order valence-corrected chi connectivity index (χ0v) is 14.6. The van der Waals surface area contributed by atoms with Crippen LogP contribution in [0.2, 0.25) is 0 Å². The molecule has 0 unspecified atom stereocenters. The summed E-state index contributed by atoms with van der Waals surface area (Å²) in [6, 6.07) is 16.2. The molecule has 5 nitrogen and oxygen atoms in total. The number of benzene rings is 2. The second kappa shape index (κ2) is 7.40. The minimum atomic E-state index is 0.682. The zero-order chi connectivity index (χ0) is 16.9. The summed E-state index contributed by atoms with van der Waals surface area (Å²) in [4.78, 5) is 0. The average molecular weight is 340 g/mol. The van der Waals surface area contributed by atoms with Crippen molar-refractivity contribution in [2.75, 3.05) is 18.7 Å². The molecule has 0 saturated heterocycles. The molecule has 0 spiro atoms. The number of methoxy groups -OCH3 is 1. The van der Waals surface area contributed by atoms with Gasteiger partial charge in [0, 0.05) is 11.3 Å². The average Bonchev–Trinajstić information content (AvgIpc) is 2.97. The Bertz CT molecular complexity index is 797. The Kier molecular flexibility index (Phi) is 5.05. The highest BCUT2D eigenvalue weighted by Gasteiger charge is 2.11. The van der Waals surface area contributed by atoms with Gasteiger partial charge in [0.1, 0.15) is 5.75 Å². The number of aromatic nitrogens is 3. The van der Waals surface area contributed by atoms with E-state index in [1.165, 1.54) is 11.1 Å². The molecule has 0 saturated carbocycles. The molecule has 24 heavy (non-hydrogen) atoms. The molecule has 2 aromatic carbocycles. The van der Waals surface area contributed by atoms with Crippen molar-refractivity contribution >= 4 is 11.8 Å². The Morgan fingerprint density at radius 2 is 1.75 bits per heavy atom. The van der Waals surface area contributed by atoms with Crippen molar-refractivity contribution < 1.29 is 4.74 Å². The number of hydrogen-bond acceptors (Lipinski definition) is 5. The number of rotatable bonds is 6. The van der Waals surface area contributed by atoms with Crippen LogP contribution in [0.1, 0.15) is 11.1 Å². The van der Waals surface area contributed by atoms with Crippen molar-refractivity contribution in [2.24, 2.45) is 0 Å². The van der Waals surface area contributed by atoms with Crippen LogP contribution in [0.3, 0.4) is 0 Å². The van der Waals surface area contributed by atoms with Gasteiger partial charge < -0.3 is 10.6 Å². The Hall–Kier alpha value is -2.47. The van der Waals surface area contributed by atoms with Crippen molar-refractivity contribution in [1.82, 2.24) is 14.9 Å². The van der Waals surface area contributed by atoms with Gasteiger partial charge in [-0.25, -0.2) is 4.68 Å². The van der Waals surface area contributed by atoms with Crippen LogP contribution in [-0.2, 0) is 6.42 Å². The fourth-order valence-electron chi connectivity index (χ4n) is 2.33. The van der Waals surface area contributed by atoms with E-state index >= 15 is 0 Å². The predicted octanol–water partition coefficient (Wildman–Crippen LogP) is 3.31. The van der Waals surface area contributed by atoms with E-state index in [0.29, 0.717) is 5.82 Å². The SMILES string of the molecule is COc1ccc(CCSc2nnc(-c3ccc(C)cc3)n2N)cc1. The van der Waals surface area contributed by atoms with Gasteiger partial charge in [-0.2, -0.15) is 0 Å². The lowest BCUT2D eigenvalue weighted by Gasteiger charge is -2.05. The minimum Gasteiger partial charge on any atom is -0.497 e. The van der Waals surface area contributed by atoms with Crippen molar-refractivity contribution in [2.45, 2.75) is 18.5 Å². The van der Waals surface area contributed by atoms with Gasteiger partial charge in [-0.1, -0.05) is 53.7 Å². The van der Waals surface area contributed by atoms with Gasteiger partial charge in [0.25, 0.3) is 0 Å². The summed E-state index contributed by atoms with van der Waals surface area (Å²) < 4.78 is 6.73. The van der Waals surface area contributed by atoms with E-state index in [-0.39, 0.29) is 0 Å². The highest BCUT2D eigenvalue weighted by atomic mass is 32.2. The first-order valence-electron chi connectivity index (χ1n) is 7.70. The number of nitrogens with two attached hydrogens (primary N) is 1. The third-order valence-electron chi connectivity index (χ3n) is 3.76. The molecule has 2 N–H and O–H groups in total. The van der Waals surface area contributed by atoms with Crippen LogP contribution in [-0.4, -0.2) is 27.7 Å². The van der Waals surface area contributed by atoms with Gasteiger partial charge in [-0.05, 0) is 31.0 Å². The van der Waals surface area contributed by atoms with Crippen molar-refractivity contribution in [3.05, 3.63) is 59.7 Å². The van der Waals surface area contributed by atoms with E-state index in [0.717, 1.165) is 28.6 Å². The predicted molar refractivity (Wildman–Crippen MR) is 97.8 cm³/mol. The third kappa shape index (κ3) is 3.71. The maximum absolute atomic E-state index is 6.15. The van der Waals surface area contributed by atoms with E-state index in [1.54, 1.807) is 23.5 Å². The van der Waals surface area contributed by atoms with E-state index in [9.17, 15) is 0 Å². The van der Waals surface area contributed by atoms with Gasteiger partial charge >= 0.3 is 0 Å². The van der Waals surface area contributed by atoms with Crippen LogP contribution < -0.4 is 10.6 Å². The monoisotopic (exact) mass is 340 g/mol. The van der Waals surface area contributed by atoms with Crippen molar-refractivity contribution in [1.29, 1.82) is 0 Å². The van der Waals surface area contributed by atoms with E-state index < -0.39 is 0 Å². The van der Waals surface area contributed by atoms with Crippen LogP contribution >= 0.6 is 11.8 Å². The molecule has 0 bridgehead atoms. The Labute approximate surface area is 145 Å². The fraction of sp³-hybridized carbons (Fsp3) is 0.222. The molecule has 0 aliphatic carbocycles. The molecule has 1 heterocycles. The van der Waals surface area contributed by atoms with Crippen LogP contribution in [0, 0.1) is 6.92 Å². The maximum atomic E-state index is 6.15. The van der Waals surface area contributed by atoms with Crippen LogP contribution in [0.5, 0.6) is 5.75 Å². The first-order chi connectivity index (χ1) is 11.7. The van der Waals surface area contributed by atoms with Crippen molar-refractivity contribution in [3.8, 4) is 17.1 Å². The number of nitrogens with zero attached hydrogens (tertiary/aromatic N) is 3. The van der Waals surface area contributed by atoms with E-state index in [4.69, 9.17) is 10.6 Å². The van der Waals surface area contributed by atoms with Gasteiger partial charge in [-0.15, -0.1) is 10.2 Å². The van der Waals surface area contributed by atoms with Gasteiger partial charge in [0.2, 0.25) is 5.16 Å². The lowest BCUT2D eigenvalue weighted by Crippen LogP contribution is -2.11. The Morgan fingerprint density at radius 1 is 1.04 bits per heavy atom. The maximum Gasteiger partial charge on any atom is 0.210 e.